The van der Waals surface area contributed by atoms with Gasteiger partial charge in [-0.3, -0.25) is 9.69 Å². The Labute approximate surface area is 254 Å². The number of hydrogen-bond donors (Lipinski definition) is 1. The van der Waals surface area contributed by atoms with Gasteiger partial charge in [-0.05, 0) is 67.1 Å². The van der Waals surface area contributed by atoms with E-state index in [0.29, 0.717) is 57.0 Å². The molecule has 7 nitrogen and oxygen atoms in total. The second-order valence-corrected chi connectivity index (χ2v) is 12.9. The SMILES string of the molecule is O=C(COC1CCC(NCc2ccc(S(=O)C(F)(F)F)cc2)CC1)N1CCN(CC2Cc3cc(C(F)(F)F)ccc3O2)CC1. The van der Waals surface area contributed by atoms with Crippen molar-refractivity contribution in [3.05, 3.63) is 59.2 Å². The Balaban J connectivity index is 0.956. The van der Waals surface area contributed by atoms with Crippen LogP contribution in [-0.2, 0) is 39.5 Å². The lowest BCUT2D eigenvalue weighted by Gasteiger charge is -2.36. The maximum atomic E-state index is 13.0. The molecule has 2 aromatic rings. The minimum Gasteiger partial charge on any atom is -0.488 e. The Morgan fingerprint density at radius 2 is 1.64 bits per heavy atom. The van der Waals surface area contributed by atoms with Gasteiger partial charge in [0.2, 0.25) is 5.91 Å². The van der Waals surface area contributed by atoms with Crippen molar-refractivity contribution in [3.8, 4) is 5.75 Å². The van der Waals surface area contributed by atoms with Crippen LogP contribution >= 0.6 is 0 Å². The Morgan fingerprint density at radius 1 is 0.955 bits per heavy atom. The molecule has 44 heavy (non-hydrogen) atoms. The van der Waals surface area contributed by atoms with Gasteiger partial charge in [0.05, 0.1) is 11.7 Å². The quantitative estimate of drug-likeness (QED) is 0.391. The lowest BCUT2D eigenvalue weighted by atomic mass is 9.93. The molecule has 14 heteroatoms. The van der Waals surface area contributed by atoms with Crippen LogP contribution in [0, 0.1) is 0 Å². The fourth-order valence-electron chi connectivity index (χ4n) is 5.91. The molecule has 0 radical (unpaired) electrons. The van der Waals surface area contributed by atoms with E-state index in [4.69, 9.17) is 9.47 Å². The highest BCUT2D eigenvalue weighted by atomic mass is 32.2. The first kappa shape index (κ1) is 32.7. The first-order valence-corrected chi connectivity index (χ1v) is 15.8. The number of rotatable bonds is 9. The van der Waals surface area contributed by atoms with Crippen LogP contribution in [0.4, 0.5) is 26.3 Å². The summed E-state index contributed by atoms with van der Waals surface area (Å²) in [6.45, 7) is 3.46. The minimum absolute atomic E-state index is 0.0109. The topological polar surface area (TPSA) is 71.1 Å². The molecule has 1 amide bonds. The van der Waals surface area contributed by atoms with E-state index in [-0.39, 0.29) is 35.7 Å². The molecule has 2 aliphatic heterocycles. The van der Waals surface area contributed by atoms with E-state index in [0.717, 1.165) is 43.4 Å². The molecule has 0 spiro atoms. The molecular formula is C30H35F6N3O4S. The van der Waals surface area contributed by atoms with Crippen LogP contribution < -0.4 is 10.1 Å². The van der Waals surface area contributed by atoms with Crippen LogP contribution in [0.5, 0.6) is 5.75 Å². The predicted octanol–water partition coefficient (Wildman–Crippen LogP) is 4.90. The molecule has 0 bridgehead atoms. The molecule has 3 aliphatic rings. The number of piperazine rings is 1. The van der Waals surface area contributed by atoms with Crippen molar-refractivity contribution >= 4 is 16.7 Å². The molecule has 2 fully saturated rings. The van der Waals surface area contributed by atoms with E-state index in [2.05, 4.69) is 10.2 Å². The van der Waals surface area contributed by atoms with Gasteiger partial charge in [-0.25, -0.2) is 4.21 Å². The van der Waals surface area contributed by atoms with E-state index in [9.17, 15) is 35.3 Å². The average Bonchev–Trinajstić information content (AvgIpc) is 3.40. The molecule has 2 unspecified atom stereocenters. The molecule has 1 saturated heterocycles. The maximum Gasteiger partial charge on any atom is 0.475 e. The van der Waals surface area contributed by atoms with E-state index in [1.807, 2.05) is 0 Å². The van der Waals surface area contributed by atoms with Crippen molar-refractivity contribution < 1.29 is 44.8 Å². The number of hydrogen-bond acceptors (Lipinski definition) is 6. The molecule has 1 aliphatic carbocycles. The summed E-state index contributed by atoms with van der Waals surface area (Å²) in [5, 5.41) is 3.41. The summed E-state index contributed by atoms with van der Waals surface area (Å²) in [5.41, 5.74) is -4.08. The maximum absolute atomic E-state index is 13.0. The highest BCUT2D eigenvalue weighted by Crippen LogP contribution is 2.36. The molecule has 2 aromatic carbocycles. The van der Waals surface area contributed by atoms with E-state index in [1.165, 1.54) is 18.2 Å². The van der Waals surface area contributed by atoms with Crippen LogP contribution in [0.1, 0.15) is 42.4 Å². The van der Waals surface area contributed by atoms with Crippen molar-refractivity contribution in [2.24, 2.45) is 0 Å². The molecule has 0 aromatic heterocycles. The molecule has 5 rings (SSSR count). The zero-order valence-electron chi connectivity index (χ0n) is 24.0. The molecule has 1 saturated carbocycles. The fraction of sp³-hybridized carbons (Fsp3) is 0.567. The van der Waals surface area contributed by atoms with Crippen molar-refractivity contribution in [2.45, 2.75) is 73.5 Å². The average molecular weight is 648 g/mol. The third kappa shape index (κ3) is 8.52. The summed E-state index contributed by atoms with van der Waals surface area (Å²) in [7, 11) is -3.04. The predicted molar refractivity (Wildman–Crippen MR) is 150 cm³/mol. The van der Waals surface area contributed by atoms with Crippen LogP contribution in [0.3, 0.4) is 0 Å². The third-order valence-electron chi connectivity index (χ3n) is 8.38. The number of alkyl halides is 6. The second kappa shape index (κ2) is 13.8. The van der Waals surface area contributed by atoms with Gasteiger partial charge in [-0.15, -0.1) is 0 Å². The molecule has 2 heterocycles. The number of nitrogens with zero attached hydrogens (tertiary/aromatic N) is 2. The first-order valence-electron chi connectivity index (χ1n) is 14.6. The summed E-state index contributed by atoms with van der Waals surface area (Å²) >= 11 is 0. The Morgan fingerprint density at radius 3 is 2.27 bits per heavy atom. The van der Waals surface area contributed by atoms with Gasteiger partial charge in [-0.2, -0.15) is 26.3 Å². The van der Waals surface area contributed by atoms with Gasteiger partial charge in [-0.1, -0.05) is 12.1 Å². The second-order valence-electron chi connectivity index (χ2n) is 11.5. The van der Waals surface area contributed by atoms with E-state index < -0.39 is 28.0 Å². The number of amides is 1. The van der Waals surface area contributed by atoms with Crippen LogP contribution in [0.2, 0.25) is 0 Å². The van der Waals surface area contributed by atoms with Crippen LogP contribution in [0.15, 0.2) is 47.4 Å². The smallest absolute Gasteiger partial charge is 0.475 e. The lowest BCUT2D eigenvalue weighted by Crippen LogP contribution is -2.51. The number of benzene rings is 2. The summed E-state index contributed by atoms with van der Waals surface area (Å²) in [5.74, 6) is 0.431. The normalized spacial score (nSPS) is 23.7. The first-order chi connectivity index (χ1) is 20.8. The number of halogens is 6. The zero-order chi connectivity index (χ0) is 31.5. The Hall–Kier alpha value is -2.68. The number of carbonyl (C=O) groups excluding carboxylic acids is 1. The van der Waals surface area contributed by atoms with Gasteiger partial charge >= 0.3 is 11.7 Å². The highest BCUT2D eigenvalue weighted by molar-refractivity contribution is 7.86. The lowest BCUT2D eigenvalue weighted by molar-refractivity contribution is -0.141. The van der Waals surface area contributed by atoms with Gasteiger partial charge in [0.25, 0.3) is 0 Å². The Bertz CT molecular complexity index is 1310. The zero-order valence-corrected chi connectivity index (χ0v) is 24.8. The third-order valence-corrected chi connectivity index (χ3v) is 9.50. The van der Waals surface area contributed by atoms with Crippen molar-refractivity contribution in [3.63, 3.8) is 0 Å². The molecule has 2 atom stereocenters. The summed E-state index contributed by atoms with van der Waals surface area (Å²) in [6.07, 6.45) is -0.937. The van der Waals surface area contributed by atoms with Crippen molar-refractivity contribution in [1.29, 1.82) is 0 Å². The fourth-order valence-corrected chi connectivity index (χ4v) is 6.56. The Kier molecular flexibility index (Phi) is 10.2. The number of ether oxygens (including phenoxy) is 2. The highest BCUT2D eigenvalue weighted by Gasteiger charge is 2.38. The van der Waals surface area contributed by atoms with E-state index in [1.54, 1.807) is 17.0 Å². The van der Waals surface area contributed by atoms with Crippen molar-refractivity contribution in [1.82, 2.24) is 15.1 Å². The summed E-state index contributed by atoms with van der Waals surface area (Å²) in [6, 6.07) is 9.38. The van der Waals surface area contributed by atoms with E-state index >= 15 is 0 Å². The summed E-state index contributed by atoms with van der Waals surface area (Å²) in [4.78, 5) is 16.4. The standard InChI is InChI=1S/C30H35F6N3O4S/c31-29(32,33)22-3-10-27-21(15-22)16-25(43-27)18-38-11-13-39(14-12-38)28(40)19-42-24-6-4-23(5-7-24)37-17-20-1-8-26(9-2-20)44(41)30(34,35)36/h1-3,8-10,15,23-25,37H,4-7,11-14,16-19H2. The monoisotopic (exact) mass is 647 g/mol. The van der Waals surface area contributed by atoms with Gasteiger partial charge in [0.1, 0.15) is 18.5 Å². The largest absolute Gasteiger partial charge is 0.488 e. The number of carbonyl (C=O) groups is 1. The molecule has 1 N–H and O–H groups in total. The van der Waals surface area contributed by atoms with Gasteiger partial charge < -0.3 is 19.7 Å². The minimum atomic E-state index is -4.78. The van der Waals surface area contributed by atoms with Gasteiger partial charge in [0, 0.05) is 56.6 Å². The number of nitrogens with one attached hydrogen (secondary N) is 1. The van der Waals surface area contributed by atoms with Crippen molar-refractivity contribution in [2.75, 3.05) is 39.3 Å². The molecular weight excluding hydrogens is 612 g/mol. The van der Waals surface area contributed by atoms with Crippen LogP contribution in [0.25, 0.3) is 0 Å². The van der Waals surface area contributed by atoms with Crippen LogP contribution in [-0.4, -0.2) is 83.0 Å². The van der Waals surface area contributed by atoms with Gasteiger partial charge in [0.15, 0.2) is 10.8 Å². The summed E-state index contributed by atoms with van der Waals surface area (Å²) < 4.78 is 100. The molecule has 242 valence electrons. The number of fused-ring (bicyclic) bond motifs is 1.